The number of aromatic nitrogens is 7. The van der Waals surface area contributed by atoms with E-state index in [9.17, 15) is 0 Å². The van der Waals surface area contributed by atoms with Crippen LogP contribution in [0.4, 0.5) is 5.82 Å². The molecule has 5 aromatic heterocycles. The van der Waals surface area contributed by atoms with Crippen LogP contribution in [-0.4, -0.2) is 40.5 Å². The second-order valence-corrected chi connectivity index (χ2v) is 8.90. The molecule has 1 aliphatic carbocycles. The molecule has 0 amide bonds. The third-order valence-electron chi connectivity index (χ3n) is 6.43. The van der Waals surface area contributed by atoms with Crippen LogP contribution in [0.1, 0.15) is 28.1 Å². The summed E-state index contributed by atoms with van der Waals surface area (Å²) in [4.78, 5) is 19.2. The van der Waals surface area contributed by atoms with Crippen LogP contribution in [0.5, 0.6) is 0 Å². The summed E-state index contributed by atoms with van der Waals surface area (Å²) in [5.41, 5.74) is 10.1. The van der Waals surface area contributed by atoms with Crippen molar-refractivity contribution in [2.24, 2.45) is 4.99 Å². The molecule has 1 aliphatic rings. The predicted molar refractivity (Wildman–Crippen MR) is 132 cm³/mol. The molecule has 8 nitrogen and oxygen atoms in total. The maximum atomic E-state index is 5.02. The van der Waals surface area contributed by atoms with Crippen LogP contribution in [0.15, 0.2) is 41.4 Å². The fourth-order valence-electron chi connectivity index (χ4n) is 5.05. The number of hydrogen-bond acceptors (Lipinski definition) is 6. The Kier molecular flexibility index (Phi) is 3.66. The zero-order valence-electron chi connectivity index (χ0n) is 19.2. The molecule has 0 atom stereocenters. The van der Waals surface area contributed by atoms with Gasteiger partial charge in [-0.2, -0.15) is 5.10 Å². The van der Waals surface area contributed by atoms with E-state index in [1.54, 1.807) is 0 Å². The van der Waals surface area contributed by atoms with Crippen LogP contribution < -0.4 is 5.35 Å². The summed E-state index contributed by atoms with van der Waals surface area (Å²) in [5.74, 6) is 0.624. The molecule has 0 bridgehead atoms. The SMILES string of the molecule is Cc1cc(C)c2c(n1)nn1c3c(nc21)-c1ccccc1C(=Nc1n[nH]c2nc(C)cc(C)c12)C=3. The first kappa shape index (κ1) is 19.0. The lowest BCUT2D eigenvalue weighted by atomic mass is 9.95. The Balaban J connectivity index is 1.55. The number of imidazole rings is 1. The summed E-state index contributed by atoms with van der Waals surface area (Å²) in [6.45, 7) is 8.10. The average Bonchev–Trinajstić information content (AvgIpc) is 3.46. The van der Waals surface area contributed by atoms with Gasteiger partial charge in [-0.25, -0.2) is 24.5 Å². The Morgan fingerprint density at radius 1 is 0.853 bits per heavy atom. The van der Waals surface area contributed by atoms with Gasteiger partial charge in [-0.3, -0.25) is 5.10 Å². The van der Waals surface area contributed by atoms with Crippen molar-refractivity contribution in [3.63, 3.8) is 0 Å². The molecule has 0 saturated carbocycles. The van der Waals surface area contributed by atoms with Gasteiger partial charge in [-0.15, -0.1) is 5.10 Å². The molecule has 7 rings (SSSR count). The van der Waals surface area contributed by atoms with E-state index in [0.717, 1.165) is 72.5 Å². The normalized spacial score (nSPS) is 14.2. The standard InChI is InChI=1S/C26H20N8/c1-12-9-14(3)27-23-20(12)24(32-31-23)29-18-11-19-22(17-8-6-5-7-16(17)18)30-26-21-13(2)10-15(4)28-25(21)33-34(19)26/h5-11H,1-4H3,(H,27,31,32). The first-order valence-corrected chi connectivity index (χ1v) is 11.2. The number of aliphatic imine (C=N–C) groups is 1. The van der Waals surface area contributed by atoms with Crippen molar-refractivity contribution < 1.29 is 0 Å². The van der Waals surface area contributed by atoms with Crippen LogP contribution in [0.25, 0.3) is 45.0 Å². The fourth-order valence-corrected chi connectivity index (χ4v) is 5.05. The molecule has 5 heterocycles. The zero-order chi connectivity index (χ0) is 23.1. The lowest BCUT2D eigenvalue weighted by molar-refractivity contribution is 0.950. The maximum Gasteiger partial charge on any atom is 0.184 e. The number of fused-ring (bicyclic) bond motifs is 8. The Morgan fingerprint density at radius 3 is 2.41 bits per heavy atom. The third-order valence-corrected chi connectivity index (χ3v) is 6.43. The lowest BCUT2D eigenvalue weighted by Gasteiger charge is -2.12. The molecular weight excluding hydrogens is 424 g/mol. The Bertz CT molecular complexity index is 1900. The van der Waals surface area contributed by atoms with E-state index in [1.807, 2.05) is 36.6 Å². The molecule has 0 saturated heterocycles. The first-order chi connectivity index (χ1) is 16.5. The van der Waals surface area contributed by atoms with Gasteiger partial charge in [0.25, 0.3) is 0 Å². The van der Waals surface area contributed by atoms with E-state index in [-0.39, 0.29) is 0 Å². The fraction of sp³-hybridized carbons (Fsp3) is 0.154. The topological polar surface area (TPSA) is 97.0 Å². The summed E-state index contributed by atoms with van der Waals surface area (Å²) in [6.07, 6.45) is 2.04. The summed E-state index contributed by atoms with van der Waals surface area (Å²) in [6, 6.07) is 12.3. The summed E-state index contributed by atoms with van der Waals surface area (Å²) < 4.78 is 1.89. The number of rotatable bonds is 1. The highest BCUT2D eigenvalue weighted by Crippen LogP contribution is 2.31. The molecule has 6 aromatic rings. The van der Waals surface area contributed by atoms with Crippen molar-refractivity contribution in [3.8, 4) is 11.3 Å². The molecular formula is C26H20N8. The van der Waals surface area contributed by atoms with Gasteiger partial charge >= 0.3 is 0 Å². The van der Waals surface area contributed by atoms with Crippen LogP contribution in [0.3, 0.4) is 0 Å². The summed E-state index contributed by atoms with van der Waals surface area (Å²) >= 11 is 0. The van der Waals surface area contributed by atoms with Crippen molar-refractivity contribution in [2.75, 3.05) is 0 Å². The average molecular weight is 445 g/mol. The highest BCUT2D eigenvalue weighted by Gasteiger charge is 2.24. The van der Waals surface area contributed by atoms with Gasteiger partial charge in [0.1, 0.15) is 0 Å². The number of pyridine rings is 2. The molecule has 164 valence electrons. The number of nitrogens with one attached hydrogen (secondary N) is 1. The number of hydrogen-bond donors (Lipinski definition) is 1. The third kappa shape index (κ3) is 2.53. The van der Waals surface area contributed by atoms with Crippen molar-refractivity contribution in [1.29, 1.82) is 0 Å². The molecule has 0 unspecified atom stereocenters. The van der Waals surface area contributed by atoms with E-state index in [4.69, 9.17) is 15.1 Å². The van der Waals surface area contributed by atoms with Gasteiger partial charge in [0.2, 0.25) is 0 Å². The van der Waals surface area contributed by atoms with E-state index in [1.165, 1.54) is 0 Å². The van der Waals surface area contributed by atoms with E-state index in [0.29, 0.717) is 11.5 Å². The molecule has 34 heavy (non-hydrogen) atoms. The van der Waals surface area contributed by atoms with Crippen molar-refractivity contribution in [3.05, 3.63) is 69.8 Å². The zero-order valence-corrected chi connectivity index (χ0v) is 19.2. The molecule has 1 N–H and O–H groups in total. The number of aryl methyl sites for hydroxylation is 4. The molecule has 0 spiro atoms. The molecule has 0 aliphatic heterocycles. The minimum Gasteiger partial charge on any atom is -0.259 e. The summed E-state index contributed by atoms with van der Waals surface area (Å²) in [5, 5.41) is 15.1. The van der Waals surface area contributed by atoms with Crippen LogP contribution in [0.2, 0.25) is 0 Å². The van der Waals surface area contributed by atoms with Crippen LogP contribution in [0, 0.1) is 27.7 Å². The van der Waals surface area contributed by atoms with Gasteiger partial charge in [-0.05, 0) is 57.0 Å². The minimum absolute atomic E-state index is 0.624. The second-order valence-electron chi connectivity index (χ2n) is 8.90. The van der Waals surface area contributed by atoms with Crippen molar-refractivity contribution in [2.45, 2.75) is 27.7 Å². The van der Waals surface area contributed by atoms with Gasteiger partial charge in [0.15, 0.2) is 22.8 Å². The highest BCUT2D eigenvalue weighted by molar-refractivity contribution is 6.26. The van der Waals surface area contributed by atoms with Gasteiger partial charge < -0.3 is 0 Å². The Labute approximate surface area is 194 Å². The number of benzene rings is 1. The van der Waals surface area contributed by atoms with Gasteiger partial charge in [0, 0.05) is 22.5 Å². The van der Waals surface area contributed by atoms with E-state index >= 15 is 0 Å². The lowest BCUT2D eigenvalue weighted by Crippen LogP contribution is -2.20. The van der Waals surface area contributed by atoms with Crippen molar-refractivity contribution in [1.82, 2.24) is 34.8 Å². The monoisotopic (exact) mass is 444 g/mol. The van der Waals surface area contributed by atoms with Gasteiger partial charge in [-0.1, -0.05) is 24.3 Å². The maximum absolute atomic E-state index is 5.02. The van der Waals surface area contributed by atoms with Gasteiger partial charge in [0.05, 0.1) is 27.5 Å². The molecule has 0 radical (unpaired) electrons. The van der Waals surface area contributed by atoms with E-state index < -0.39 is 0 Å². The Morgan fingerprint density at radius 2 is 1.59 bits per heavy atom. The Hall–Kier alpha value is -4.46. The largest absolute Gasteiger partial charge is 0.259 e. The molecule has 8 heteroatoms. The predicted octanol–water partition coefficient (Wildman–Crippen LogP) is 4.08. The number of H-pyrrole nitrogens is 1. The summed E-state index contributed by atoms with van der Waals surface area (Å²) in [7, 11) is 0. The first-order valence-electron chi connectivity index (χ1n) is 11.2. The second kappa shape index (κ2) is 6.54. The highest BCUT2D eigenvalue weighted by atomic mass is 15.3. The van der Waals surface area contributed by atoms with Crippen LogP contribution in [-0.2, 0) is 0 Å². The quantitative estimate of drug-likeness (QED) is 0.412. The van der Waals surface area contributed by atoms with E-state index in [2.05, 4.69) is 58.3 Å². The smallest absolute Gasteiger partial charge is 0.184 e. The van der Waals surface area contributed by atoms with Crippen LogP contribution >= 0.6 is 0 Å². The molecule has 0 fully saturated rings. The minimum atomic E-state index is 0.624. The number of aromatic amines is 1. The number of nitrogens with zero attached hydrogens (tertiary/aromatic N) is 7. The molecule has 1 aromatic carbocycles. The van der Waals surface area contributed by atoms with Crippen molar-refractivity contribution >= 4 is 45.3 Å².